The molecule has 0 aromatic carbocycles. The lowest BCUT2D eigenvalue weighted by Gasteiger charge is -2.06. The molecule has 0 fully saturated rings. The number of aromatic nitrogens is 2. The van der Waals surface area contributed by atoms with E-state index in [4.69, 9.17) is 10.5 Å². The Hall–Kier alpha value is -1.41. The summed E-state index contributed by atoms with van der Waals surface area (Å²) in [5.41, 5.74) is 5.74. The number of nitrogens with two attached hydrogens (primary N) is 1. The fourth-order valence-electron chi connectivity index (χ4n) is 1.53. The van der Waals surface area contributed by atoms with Gasteiger partial charge in [-0.2, -0.15) is 13.2 Å². The summed E-state index contributed by atoms with van der Waals surface area (Å²) < 4.78 is 40.8. The Balaban J connectivity index is 1.85. The number of hydrogen-bond donors (Lipinski definition) is 1. The second-order valence-corrected chi connectivity index (χ2v) is 4.83. The number of hydrogen-bond acceptors (Lipinski definition) is 5. The minimum atomic E-state index is -4.14. The van der Waals surface area contributed by atoms with Crippen molar-refractivity contribution in [1.82, 2.24) is 9.97 Å². The first-order valence-corrected chi connectivity index (χ1v) is 6.48. The molecule has 0 radical (unpaired) electrons. The van der Waals surface area contributed by atoms with Crippen LogP contribution in [-0.2, 0) is 11.3 Å². The molecule has 0 saturated heterocycles. The van der Waals surface area contributed by atoms with Crippen LogP contribution < -0.4 is 5.73 Å². The predicted octanol–water partition coefficient (Wildman–Crippen LogP) is 3.13. The van der Waals surface area contributed by atoms with Crippen LogP contribution in [0.25, 0.3) is 10.2 Å². The van der Waals surface area contributed by atoms with E-state index in [1.54, 1.807) is 0 Å². The SMILES string of the molecule is Nc1nc(COCCCC(F)(F)F)nc2sccc12. The average molecular weight is 291 g/mol. The molecule has 2 heterocycles. The number of anilines is 1. The van der Waals surface area contributed by atoms with E-state index in [2.05, 4.69) is 9.97 Å². The zero-order valence-electron chi connectivity index (χ0n) is 9.91. The van der Waals surface area contributed by atoms with E-state index in [0.29, 0.717) is 11.6 Å². The number of alkyl halides is 3. The highest BCUT2D eigenvalue weighted by atomic mass is 32.1. The van der Waals surface area contributed by atoms with Gasteiger partial charge in [0.1, 0.15) is 17.3 Å². The summed E-state index contributed by atoms with van der Waals surface area (Å²) in [6.45, 7) is 0.0845. The molecule has 0 aliphatic heterocycles. The third-order valence-electron chi connectivity index (χ3n) is 2.38. The molecule has 0 atom stereocenters. The van der Waals surface area contributed by atoms with Crippen molar-refractivity contribution < 1.29 is 17.9 Å². The molecule has 2 N–H and O–H groups in total. The van der Waals surface area contributed by atoms with Crippen molar-refractivity contribution in [3.63, 3.8) is 0 Å². The smallest absolute Gasteiger partial charge is 0.383 e. The normalized spacial score (nSPS) is 12.2. The van der Waals surface area contributed by atoms with Crippen LogP contribution in [-0.4, -0.2) is 22.8 Å². The van der Waals surface area contributed by atoms with Crippen LogP contribution in [0, 0.1) is 0 Å². The summed E-state index contributed by atoms with van der Waals surface area (Å²) in [4.78, 5) is 9.02. The van der Waals surface area contributed by atoms with Crippen LogP contribution >= 0.6 is 11.3 Å². The Morgan fingerprint density at radius 2 is 2.11 bits per heavy atom. The first-order chi connectivity index (χ1) is 8.96. The lowest BCUT2D eigenvalue weighted by atomic mass is 10.3. The van der Waals surface area contributed by atoms with Crippen molar-refractivity contribution in [1.29, 1.82) is 0 Å². The first kappa shape index (κ1) is 14.0. The van der Waals surface area contributed by atoms with E-state index in [-0.39, 0.29) is 19.6 Å². The molecule has 0 bridgehead atoms. The van der Waals surface area contributed by atoms with Crippen molar-refractivity contribution in [2.75, 3.05) is 12.3 Å². The van der Waals surface area contributed by atoms with Crippen LogP contribution in [0.4, 0.5) is 19.0 Å². The number of ether oxygens (including phenoxy) is 1. The Bertz CT molecular complexity index is 556. The van der Waals surface area contributed by atoms with Gasteiger partial charge in [-0.15, -0.1) is 11.3 Å². The Labute approximate surface area is 111 Å². The average Bonchev–Trinajstić information content (AvgIpc) is 2.75. The van der Waals surface area contributed by atoms with Gasteiger partial charge in [0.2, 0.25) is 0 Å². The molecule has 0 saturated carbocycles. The van der Waals surface area contributed by atoms with Gasteiger partial charge in [0.25, 0.3) is 0 Å². The summed E-state index contributed by atoms with van der Waals surface area (Å²) in [5.74, 6) is 0.750. The van der Waals surface area contributed by atoms with Gasteiger partial charge in [0.15, 0.2) is 5.82 Å². The molecule has 4 nitrogen and oxygen atoms in total. The molecule has 0 aliphatic carbocycles. The molecule has 2 rings (SSSR count). The van der Waals surface area contributed by atoms with Crippen LogP contribution in [0.1, 0.15) is 18.7 Å². The maximum Gasteiger partial charge on any atom is 0.389 e. The molecule has 2 aromatic rings. The third-order valence-corrected chi connectivity index (χ3v) is 3.19. The Morgan fingerprint density at radius 3 is 2.84 bits per heavy atom. The highest BCUT2D eigenvalue weighted by molar-refractivity contribution is 7.16. The van der Waals surface area contributed by atoms with Gasteiger partial charge in [0.05, 0.1) is 5.39 Å². The summed E-state index contributed by atoms with van der Waals surface area (Å²) >= 11 is 1.43. The van der Waals surface area contributed by atoms with Crippen LogP contribution in [0.5, 0.6) is 0 Å². The zero-order valence-corrected chi connectivity index (χ0v) is 10.7. The van der Waals surface area contributed by atoms with E-state index in [1.165, 1.54) is 11.3 Å². The minimum Gasteiger partial charge on any atom is -0.383 e. The molecular formula is C11H12F3N3OS. The van der Waals surface area contributed by atoms with Gasteiger partial charge < -0.3 is 10.5 Å². The number of thiophene rings is 1. The predicted molar refractivity (Wildman–Crippen MR) is 66.8 cm³/mol. The second kappa shape index (κ2) is 5.70. The van der Waals surface area contributed by atoms with Gasteiger partial charge in [-0.05, 0) is 17.9 Å². The quantitative estimate of drug-likeness (QED) is 0.860. The Morgan fingerprint density at radius 1 is 1.32 bits per heavy atom. The van der Waals surface area contributed by atoms with E-state index in [1.807, 2.05) is 11.4 Å². The molecule has 0 amide bonds. The van der Waals surface area contributed by atoms with Crippen molar-refractivity contribution >= 4 is 27.4 Å². The number of halogens is 3. The number of nitrogens with zero attached hydrogens (tertiary/aromatic N) is 2. The standard InChI is InChI=1S/C11H12F3N3OS/c12-11(13,14)3-1-4-18-6-8-16-9(15)7-2-5-19-10(7)17-8/h2,5H,1,3-4,6H2,(H2,15,16,17). The summed E-state index contributed by atoms with van der Waals surface area (Å²) in [7, 11) is 0. The van der Waals surface area contributed by atoms with E-state index < -0.39 is 12.6 Å². The van der Waals surface area contributed by atoms with Gasteiger partial charge >= 0.3 is 6.18 Å². The first-order valence-electron chi connectivity index (χ1n) is 5.60. The fraction of sp³-hybridized carbons (Fsp3) is 0.455. The summed E-state index contributed by atoms with van der Waals surface area (Å²) in [6, 6.07) is 1.82. The molecule has 0 unspecified atom stereocenters. The van der Waals surface area contributed by atoms with E-state index >= 15 is 0 Å². The monoisotopic (exact) mass is 291 g/mol. The molecule has 8 heteroatoms. The molecule has 2 aromatic heterocycles. The van der Waals surface area contributed by atoms with Crippen molar-refractivity contribution in [3.05, 3.63) is 17.3 Å². The third kappa shape index (κ3) is 4.03. The lowest BCUT2D eigenvalue weighted by Crippen LogP contribution is -2.09. The largest absolute Gasteiger partial charge is 0.389 e. The highest BCUT2D eigenvalue weighted by Gasteiger charge is 2.25. The maximum atomic E-state index is 11.9. The van der Waals surface area contributed by atoms with Crippen molar-refractivity contribution in [2.45, 2.75) is 25.6 Å². The molecule has 19 heavy (non-hydrogen) atoms. The van der Waals surface area contributed by atoms with Crippen LogP contribution in [0.3, 0.4) is 0 Å². The summed E-state index contributed by atoms with van der Waals surface area (Å²) in [6.07, 6.45) is -5.06. The molecule has 0 spiro atoms. The number of nitrogen functional groups attached to an aromatic ring is 1. The lowest BCUT2D eigenvalue weighted by molar-refractivity contribution is -0.138. The fourth-order valence-corrected chi connectivity index (χ4v) is 2.32. The number of fused-ring (bicyclic) bond motifs is 1. The summed E-state index contributed by atoms with van der Waals surface area (Å²) in [5, 5.41) is 2.63. The highest BCUT2D eigenvalue weighted by Crippen LogP contribution is 2.23. The molecule has 0 aliphatic rings. The van der Waals surface area contributed by atoms with Gasteiger partial charge in [-0.1, -0.05) is 0 Å². The molecular weight excluding hydrogens is 279 g/mol. The minimum absolute atomic E-state index is 0.0191. The maximum absolute atomic E-state index is 11.9. The topological polar surface area (TPSA) is 61.0 Å². The van der Waals surface area contributed by atoms with Crippen molar-refractivity contribution in [2.24, 2.45) is 0 Å². The van der Waals surface area contributed by atoms with Crippen LogP contribution in [0.2, 0.25) is 0 Å². The Kier molecular flexibility index (Phi) is 4.20. The number of rotatable bonds is 5. The van der Waals surface area contributed by atoms with Crippen LogP contribution in [0.15, 0.2) is 11.4 Å². The van der Waals surface area contributed by atoms with E-state index in [0.717, 1.165) is 10.2 Å². The zero-order chi connectivity index (χ0) is 13.9. The molecule has 104 valence electrons. The van der Waals surface area contributed by atoms with Gasteiger partial charge in [-0.25, -0.2) is 9.97 Å². The van der Waals surface area contributed by atoms with Gasteiger partial charge in [0, 0.05) is 13.0 Å². The van der Waals surface area contributed by atoms with Gasteiger partial charge in [-0.3, -0.25) is 0 Å². The van der Waals surface area contributed by atoms with Crippen molar-refractivity contribution in [3.8, 4) is 0 Å². The van der Waals surface area contributed by atoms with E-state index in [9.17, 15) is 13.2 Å². The second-order valence-electron chi connectivity index (χ2n) is 3.94.